The maximum atomic E-state index is 12.2. The van der Waals surface area contributed by atoms with Crippen molar-refractivity contribution in [3.63, 3.8) is 0 Å². The van der Waals surface area contributed by atoms with Gasteiger partial charge in [-0.25, -0.2) is 9.97 Å². The van der Waals surface area contributed by atoms with Crippen molar-refractivity contribution in [2.75, 3.05) is 5.75 Å². The van der Waals surface area contributed by atoms with Crippen LogP contribution in [-0.4, -0.2) is 27.5 Å². The molecule has 1 heterocycles. The van der Waals surface area contributed by atoms with E-state index in [2.05, 4.69) is 20.8 Å². The first kappa shape index (κ1) is 18.5. The summed E-state index contributed by atoms with van der Waals surface area (Å²) >= 11 is 13.3. The molecule has 0 fully saturated rings. The predicted molar refractivity (Wildman–Crippen MR) is 94.4 cm³/mol. The molecule has 9 heteroatoms. The second kappa shape index (κ2) is 8.86. The third-order valence-electron chi connectivity index (χ3n) is 2.78. The molecule has 0 saturated heterocycles. The van der Waals surface area contributed by atoms with Gasteiger partial charge in [-0.3, -0.25) is 20.4 Å². The summed E-state index contributed by atoms with van der Waals surface area (Å²) in [4.78, 5) is 32.3. The highest BCUT2D eigenvalue weighted by Gasteiger charge is 2.16. The Kier molecular flexibility index (Phi) is 6.84. The molecule has 0 unspecified atom stereocenters. The Balaban J connectivity index is 2.04. The minimum Gasteiger partial charge on any atom is -0.267 e. The van der Waals surface area contributed by atoms with Crippen molar-refractivity contribution in [3.05, 3.63) is 51.8 Å². The zero-order valence-electron chi connectivity index (χ0n) is 12.7. The Bertz CT molecular complexity index is 758. The van der Waals surface area contributed by atoms with Crippen molar-refractivity contribution < 1.29 is 9.59 Å². The van der Waals surface area contributed by atoms with E-state index in [-0.39, 0.29) is 21.3 Å². The van der Waals surface area contributed by atoms with Gasteiger partial charge in [0, 0.05) is 5.75 Å². The zero-order valence-corrected chi connectivity index (χ0v) is 15.0. The number of aromatic nitrogens is 2. The van der Waals surface area contributed by atoms with E-state index in [0.29, 0.717) is 5.16 Å². The fourth-order valence-corrected chi connectivity index (χ4v) is 2.73. The monoisotopic (exact) mass is 384 g/mol. The fourth-order valence-electron chi connectivity index (χ4n) is 1.66. The van der Waals surface area contributed by atoms with Crippen LogP contribution in [0.5, 0.6) is 0 Å². The third-order valence-corrected chi connectivity index (χ3v) is 4.45. The molecule has 126 valence electrons. The van der Waals surface area contributed by atoms with Gasteiger partial charge in [-0.15, -0.1) is 0 Å². The number of halogens is 2. The lowest BCUT2D eigenvalue weighted by Gasteiger charge is -2.09. The normalized spacial score (nSPS) is 10.3. The summed E-state index contributed by atoms with van der Waals surface area (Å²) in [5, 5.41) is 0.826. The summed E-state index contributed by atoms with van der Waals surface area (Å²) < 4.78 is 0. The summed E-state index contributed by atoms with van der Waals surface area (Å²) in [5.74, 6) is -0.354. The van der Waals surface area contributed by atoms with Crippen molar-refractivity contribution in [3.8, 4) is 0 Å². The van der Waals surface area contributed by atoms with Gasteiger partial charge in [0.2, 0.25) is 0 Å². The lowest BCUT2D eigenvalue weighted by atomic mass is 10.2. The van der Waals surface area contributed by atoms with Crippen molar-refractivity contribution in [2.24, 2.45) is 0 Å². The van der Waals surface area contributed by atoms with Crippen LogP contribution in [0.2, 0.25) is 10.0 Å². The summed E-state index contributed by atoms with van der Waals surface area (Å²) in [6.45, 7) is 2.03. The molecule has 0 aliphatic rings. The number of thioether (sulfide) groups is 1. The molecule has 0 radical (unpaired) electrons. The summed E-state index contributed by atoms with van der Waals surface area (Å²) in [6.07, 6.45) is 2.31. The van der Waals surface area contributed by atoms with E-state index < -0.39 is 11.8 Å². The first-order valence-electron chi connectivity index (χ1n) is 7.03. The quantitative estimate of drug-likeness (QED) is 0.469. The maximum Gasteiger partial charge on any atom is 0.289 e. The molecular weight excluding hydrogens is 371 g/mol. The lowest BCUT2D eigenvalue weighted by Crippen LogP contribution is -2.42. The zero-order chi connectivity index (χ0) is 17.5. The Labute approximate surface area is 153 Å². The number of nitrogens with one attached hydrogen (secondary N) is 2. The van der Waals surface area contributed by atoms with Gasteiger partial charge in [0.05, 0.1) is 21.8 Å². The maximum absolute atomic E-state index is 12.2. The average molecular weight is 385 g/mol. The second-order valence-electron chi connectivity index (χ2n) is 4.59. The first-order chi connectivity index (χ1) is 11.5. The van der Waals surface area contributed by atoms with Crippen LogP contribution in [0.15, 0.2) is 35.6 Å². The van der Waals surface area contributed by atoms with E-state index in [4.69, 9.17) is 23.2 Å². The molecule has 0 aliphatic carbocycles. The summed E-state index contributed by atoms with van der Waals surface area (Å²) in [7, 11) is 0. The van der Waals surface area contributed by atoms with Gasteiger partial charge < -0.3 is 0 Å². The molecule has 6 nitrogen and oxygen atoms in total. The number of hydrogen-bond donors (Lipinski definition) is 2. The molecule has 0 bridgehead atoms. The fraction of sp³-hybridized carbons (Fsp3) is 0.200. The van der Waals surface area contributed by atoms with Crippen molar-refractivity contribution in [1.29, 1.82) is 0 Å². The van der Waals surface area contributed by atoms with Crippen LogP contribution in [0.1, 0.15) is 34.2 Å². The topological polar surface area (TPSA) is 84.0 Å². The molecule has 1 aromatic carbocycles. The lowest BCUT2D eigenvalue weighted by molar-refractivity contribution is 0.0843. The SMILES string of the molecule is CCCSc1ncc(Cl)c(C(=O)NNC(=O)c2ccccc2Cl)n1. The van der Waals surface area contributed by atoms with E-state index in [0.717, 1.165) is 12.2 Å². The second-order valence-corrected chi connectivity index (χ2v) is 6.46. The Morgan fingerprint density at radius 3 is 2.54 bits per heavy atom. The number of hydrazine groups is 1. The van der Waals surface area contributed by atoms with Crippen LogP contribution in [0.3, 0.4) is 0 Å². The molecule has 1 aromatic heterocycles. The minimum absolute atomic E-state index is 0.00951. The number of rotatable bonds is 5. The molecular formula is C15H14Cl2N4O2S. The Hall–Kier alpha value is -1.83. The third kappa shape index (κ3) is 4.83. The molecule has 24 heavy (non-hydrogen) atoms. The average Bonchev–Trinajstić information content (AvgIpc) is 2.59. The Morgan fingerprint density at radius 1 is 1.12 bits per heavy atom. The molecule has 0 atom stereocenters. The number of nitrogens with zero attached hydrogens (tertiary/aromatic N) is 2. The van der Waals surface area contributed by atoms with E-state index in [1.165, 1.54) is 18.0 Å². The molecule has 0 spiro atoms. The first-order valence-corrected chi connectivity index (χ1v) is 8.77. The number of carbonyl (C=O) groups excluding carboxylic acids is 2. The van der Waals surface area contributed by atoms with Crippen LogP contribution >= 0.6 is 35.0 Å². The number of carbonyl (C=O) groups is 2. The van der Waals surface area contributed by atoms with E-state index in [1.54, 1.807) is 24.3 Å². The summed E-state index contributed by atoms with van der Waals surface area (Å²) in [5.41, 5.74) is 4.78. The highest BCUT2D eigenvalue weighted by Crippen LogP contribution is 2.19. The van der Waals surface area contributed by atoms with Crippen molar-refractivity contribution in [2.45, 2.75) is 18.5 Å². The molecule has 2 N–H and O–H groups in total. The van der Waals surface area contributed by atoms with Gasteiger partial charge in [-0.1, -0.05) is 54.0 Å². The molecule has 2 amide bonds. The number of hydrogen-bond acceptors (Lipinski definition) is 5. The highest BCUT2D eigenvalue weighted by molar-refractivity contribution is 7.99. The summed E-state index contributed by atoms with van der Waals surface area (Å²) in [6, 6.07) is 6.49. The van der Waals surface area contributed by atoms with Crippen LogP contribution in [-0.2, 0) is 0 Å². The standard InChI is InChI=1S/C15H14Cl2N4O2S/c1-2-7-24-15-18-8-11(17)12(19-15)14(23)21-20-13(22)9-5-3-4-6-10(9)16/h3-6,8H,2,7H2,1H3,(H,20,22)(H,21,23). The van der Waals surface area contributed by atoms with Gasteiger partial charge in [0.1, 0.15) is 0 Å². The van der Waals surface area contributed by atoms with Crippen LogP contribution in [0.4, 0.5) is 0 Å². The van der Waals surface area contributed by atoms with Gasteiger partial charge in [-0.05, 0) is 18.6 Å². The minimum atomic E-state index is -0.638. The van der Waals surface area contributed by atoms with Crippen LogP contribution in [0.25, 0.3) is 0 Å². The van der Waals surface area contributed by atoms with Gasteiger partial charge in [0.15, 0.2) is 10.9 Å². The highest BCUT2D eigenvalue weighted by atomic mass is 35.5. The van der Waals surface area contributed by atoms with E-state index in [1.807, 2.05) is 6.92 Å². The van der Waals surface area contributed by atoms with Crippen molar-refractivity contribution >= 4 is 46.8 Å². The predicted octanol–water partition coefficient (Wildman–Crippen LogP) is 3.36. The molecule has 2 rings (SSSR count). The largest absolute Gasteiger partial charge is 0.289 e. The molecule has 0 aliphatic heterocycles. The molecule has 2 aromatic rings. The van der Waals surface area contributed by atoms with E-state index >= 15 is 0 Å². The number of benzene rings is 1. The van der Waals surface area contributed by atoms with Gasteiger partial charge in [0.25, 0.3) is 11.8 Å². The van der Waals surface area contributed by atoms with Crippen LogP contribution in [0, 0.1) is 0 Å². The van der Waals surface area contributed by atoms with Gasteiger partial charge in [-0.2, -0.15) is 0 Å². The number of amides is 2. The van der Waals surface area contributed by atoms with E-state index in [9.17, 15) is 9.59 Å². The Morgan fingerprint density at radius 2 is 1.83 bits per heavy atom. The van der Waals surface area contributed by atoms with Crippen LogP contribution < -0.4 is 10.9 Å². The smallest absolute Gasteiger partial charge is 0.267 e. The van der Waals surface area contributed by atoms with Gasteiger partial charge >= 0.3 is 0 Å². The molecule has 0 saturated carbocycles. The van der Waals surface area contributed by atoms with Crippen molar-refractivity contribution in [1.82, 2.24) is 20.8 Å².